The fraction of sp³-hybridized carbons (Fsp3) is 0.357. The van der Waals surface area contributed by atoms with E-state index < -0.39 is 5.97 Å². The zero-order valence-electron chi connectivity index (χ0n) is 11.2. The molecule has 5 nitrogen and oxygen atoms in total. The first kappa shape index (κ1) is 13.3. The topological polar surface area (TPSA) is 71.6 Å². The lowest BCUT2D eigenvalue weighted by Crippen LogP contribution is -1.98. The van der Waals surface area contributed by atoms with Gasteiger partial charge in [-0.3, -0.25) is 4.79 Å². The van der Waals surface area contributed by atoms with Crippen LogP contribution in [0.15, 0.2) is 12.1 Å². The van der Waals surface area contributed by atoms with Crippen LogP contribution in [0.2, 0.25) is 0 Å². The standard InChI is InChI=1S/C14H17NO4/c1-8-10(4-5-13(16)17)14-11(15-8)6-9(18-2)7-12(14)19-3/h6-7,15H,4-5H2,1-3H3,(H,16,17). The van der Waals surface area contributed by atoms with Crippen molar-refractivity contribution in [3.63, 3.8) is 0 Å². The number of aromatic amines is 1. The molecule has 0 radical (unpaired) electrons. The SMILES string of the molecule is COc1cc(OC)c2c(CCC(=O)O)c(C)[nH]c2c1. The average Bonchev–Trinajstić information content (AvgIpc) is 2.70. The Morgan fingerprint density at radius 3 is 2.63 bits per heavy atom. The Hall–Kier alpha value is -2.17. The van der Waals surface area contributed by atoms with Crippen LogP contribution in [0, 0.1) is 6.92 Å². The summed E-state index contributed by atoms with van der Waals surface area (Å²) in [5, 5.41) is 9.75. The minimum Gasteiger partial charge on any atom is -0.497 e. The van der Waals surface area contributed by atoms with E-state index in [0.717, 1.165) is 22.2 Å². The zero-order valence-corrected chi connectivity index (χ0v) is 11.2. The molecule has 2 aromatic rings. The van der Waals surface area contributed by atoms with E-state index in [-0.39, 0.29) is 6.42 Å². The van der Waals surface area contributed by atoms with Crippen molar-refractivity contribution in [1.29, 1.82) is 0 Å². The fourth-order valence-corrected chi connectivity index (χ4v) is 2.29. The number of H-pyrrole nitrogens is 1. The van der Waals surface area contributed by atoms with Gasteiger partial charge in [0.1, 0.15) is 11.5 Å². The number of nitrogens with one attached hydrogen (secondary N) is 1. The summed E-state index contributed by atoms with van der Waals surface area (Å²) in [6.45, 7) is 1.93. The Kier molecular flexibility index (Phi) is 3.64. The molecule has 102 valence electrons. The van der Waals surface area contributed by atoms with Crippen LogP contribution < -0.4 is 9.47 Å². The number of aromatic nitrogens is 1. The van der Waals surface area contributed by atoms with E-state index in [1.165, 1.54) is 0 Å². The highest BCUT2D eigenvalue weighted by Gasteiger charge is 2.15. The summed E-state index contributed by atoms with van der Waals surface area (Å²) in [6.07, 6.45) is 0.576. The monoisotopic (exact) mass is 263 g/mol. The summed E-state index contributed by atoms with van der Waals surface area (Å²) >= 11 is 0. The number of aliphatic carboxylic acids is 1. The number of carbonyl (C=O) groups is 1. The Morgan fingerprint density at radius 1 is 1.32 bits per heavy atom. The first-order valence-electron chi connectivity index (χ1n) is 6.01. The highest BCUT2D eigenvalue weighted by Crippen LogP contribution is 2.35. The molecular weight excluding hydrogens is 246 g/mol. The number of rotatable bonds is 5. The van der Waals surface area contributed by atoms with Gasteiger partial charge in [0, 0.05) is 29.6 Å². The maximum Gasteiger partial charge on any atom is 0.303 e. The summed E-state index contributed by atoms with van der Waals surface area (Å²) in [5.41, 5.74) is 2.84. The van der Waals surface area contributed by atoms with Crippen LogP contribution in [-0.2, 0) is 11.2 Å². The second-order valence-corrected chi connectivity index (χ2v) is 4.37. The average molecular weight is 263 g/mol. The van der Waals surface area contributed by atoms with Gasteiger partial charge >= 0.3 is 5.97 Å². The van der Waals surface area contributed by atoms with E-state index in [1.807, 2.05) is 13.0 Å². The molecule has 0 aliphatic heterocycles. The Labute approximate surface area is 111 Å². The van der Waals surface area contributed by atoms with Gasteiger partial charge in [-0.25, -0.2) is 0 Å². The number of benzene rings is 1. The molecule has 0 atom stereocenters. The second kappa shape index (κ2) is 5.22. The van der Waals surface area contributed by atoms with Crippen molar-refractivity contribution < 1.29 is 19.4 Å². The molecule has 0 saturated heterocycles. The predicted octanol–water partition coefficient (Wildman–Crippen LogP) is 2.51. The molecule has 0 spiro atoms. The molecule has 0 bridgehead atoms. The predicted molar refractivity (Wildman–Crippen MR) is 72.1 cm³/mol. The van der Waals surface area contributed by atoms with Crippen molar-refractivity contribution in [2.75, 3.05) is 14.2 Å². The van der Waals surface area contributed by atoms with Gasteiger partial charge in [-0.1, -0.05) is 0 Å². The maximum atomic E-state index is 10.7. The number of ether oxygens (including phenoxy) is 2. The van der Waals surface area contributed by atoms with E-state index >= 15 is 0 Å². The van der Waals surface area contributed by atoms with Gasteiger partial charge in [0.2, 0.25) is 0 Å². The van der Waals surface area contributed by atoms with E-state index in [9.17, 15) is 4.79 Å². The van der Waals surface area contributed by atoms with Crippen molar-refractivity contribution in [2.45, 2.75) is 19.8 Å². The smallest absolute Gasteiger partial charge is 0.303 e. The minimum atomic E-state index is -0.804. The quantitative estimate of drug-likeness (QED) is 0.869. The Morgan fingerprint density at radius 2 is 2.05 bits per heavy atom. The van der Waals surface area contributed by atoms with Crippen LogP contribution in [0.3, 0.4) is 0 Å². The Balaban J connectivity index is 2.57. The summed E-state index contributed by atoms with van der Waals surface area (Å²) in [5.74, 6) is 0.593. The van der Waals surface area contributed by atoms with Gasteiger partial charge in [-0.2, -0.15) is 0 Å². The van der Waals surface area contributed by atoms with Crippen LogP contribution in [-0.4, -0.2) is 30.3 Å². The summed E-state index contributed by atoms with van der Waals surface area (Å²) < 4.78 is 10.6. The number of hydrogen-bond donors (Lipinski definition) is 2. The largest absolute Gasteiger partial charge is 0.497 e. The molecule has 19 heavy (non-hydrogen) atoms. The van der Waals surface area contributed by atoms with E-state index in [1.54, 1.807) is 20.3 Å². The number of aryl methyl sites for hydroxylation is 2. The summed E-state index contributed by atoms with van der Waals surface area (Å²) in [6, 6.07) is 3.69. The van der Waals surface area contributed by atoms with E-state index in [2.05, 4.69) is 4.98 Å². The van der Waals surface area contributed by atoms with Crippen molar-refractivity contribution in [1.82, 2.24) is 4.98 Å². The lowest BCUT2D eigenvalue weighted by molar-refractivity contribution is -0.136. The molecule has 5 heteroatoms. The third-order valence-corrected chi connectivity index (χ3v) is 3.20. The molecule has 0 fully saturated rings. The van der Waals surface area contributed by atoms with Crippen molar-refractivity contribution >= 4 is 16.9 Å². The van der Waals surface area contributed by atoms with Gasteiger partial charge < -0.3 is 19.6 Å². The second-order valence-electron chi connectivity index (χ2n) is 4.37. The number of hydrogen-bond acceptors (Lipinski definition) is 3. The molecule has 0 saturated carbocycles. The highest BCUT2D eigenvalue weighted by atomic mass is 16.5. The van der Waals surface area contributed by atoms with Crippen molar-refractivity contribution in [3.8, 4) is 11.5 Å². The van der Waals surface area contributed by atoms with Gasteiger partial charge in [0.05, 0.1) is 19.7 Å². The maximum absolute atomic E-state index is 10.7. The molecule has 0 aliphatic carbocycles. The fourth-order valence-electron chi connectivity index (χ4n) is 2.29. The zero-order chi connectivity index (χ0) is 14.0. The molecule has 1 aromatic carbocycles. The number of fused-ring (bicyclic) bond motifs is 1. The number of methoxy groups -OCH3 is 2. The molecule has 1 aromatic heterocycles. The molecule has 2 rings (SSSR count). The molecule has 0 aliphatic rings. The lowest BCUT2D eigenvalue weighted by atomic mass is 10.0. The van der Waals surface area contributed by atoms with Crippen molar-refractivity contribution in [2.24, 2.45) is 0 Å². The summed E-state index contributed by atoms with van der Waals surface area (Å²) in [7, 11) is 3.19. The number of carboxylic acids is 1. The van der Waals surface area contributed by atoms with Crippen LogP contribution in [0.4, 0.5) is 0 Å². The molecule has 0 unspecified atom stereocenters. The van der Waals surface area contributed by atoms with Crippen LogP contribution in [0.1, 0.15) is 17.7 Å². The third-order valence-electron chi connectivity index (χ3n) is 3.20. The lowest BCUT2D eigenvalue weighted by Gasteiger charge is -2.07. The van der Waals surface area contributed by atoms with Gasteiger partial charge in [0.15, 0.2) is 0 Å². The van der Waals surface area contributed by atoms with Crippen LogP contribution >= 0.6 is 0 Å². The molecular formula is C14H17NO4. The first-order valence-corrected chi connectivity index (χ1v) is 6.01. The molecule has 1 heterocycles. The van der Waals surface area contributed by atoms with Gasteiger partial charge in [-0.15, -0.1) is 0 Å². The van der Waals surface area contributed by atoms with Gasteiger partial charge in [-0.05, 0) is 18.9 Å². The van der Waals surface area contributed by atoms with Crippen molar-refractivity contribution in [3.05, 3.63) is 23.4 Å². The minimum absolute atomic E-state index is 0.100. The Bertz CT molecular complexity index is 615. The van der Waals surface area contributed by atoms with E-state index in [0.29, 0.717) is 17.9 Å². The highest BCUT2D eigenvalue weighted by molar-refractivity contribution is 5.92. The third kappa shape index (κ3) is 2.50. The molecule has 2 N–H and O–H groups in total. The van der Waals surface area contributed by atoms with Crippen LogP contribution in [0.5, 0.6) is 11.5 Å². The van der Waals surface area contributed by atoms with Gasteiger partial charge in [0.25, 0.3) is 0 Å². The molecule has 0 amide bonds. The first-order chi connectivity index (χ1) is 9.06. The van der Waals surface area contributed by atoms with E-state index in [4.69, 9.17) is 14.6 Å². The normalized spacial score (nSPS) is 10.7. The summed E-state index contributed by atoms with van der Waals surface area (Å²) in [4.78, 5) is 14.0. The number of carboxylic acid groups (broad SMARTS) is 1. The van der Waals surface area contributed by atoms with Crippen LogP contribution in [0.25, 0.3) is 10.9 Å².